The molecule has 3 atom stereocenters. The molecule has 0 radical (unpaired) electrons. The summed E-state index contributed by atoms with van der Waals surface area (Å²) in [5.74, 6) is 0.736. The predicted octanol–water partition coefficient (Wildman–Crippen LogP) is 4.76. The van der Waals surface area contributed by atoms with E-state index in [9.17, 15) is 4.79 Å². The van der Waals surface area contributed by atoms with Crippen LogP contribution in [-0.4, -0.2) is 16.7 Å². The summed E-state index contributed by atoms with van der Waals surface area (Å²) in [6.45, 7) is 0.939. The summed E-state index contributed by atoms with van der Waals surface area (Å²) >= 11 is 0. The SMILES string of the molecule is O=C1C[C@H](c2ccccc2)N(Cc2ccccc2)[C@H]2CCCC[C@@H]12. The Morgan fingerprint density at radius 3 is 2.29 bits per heavy atom. The molecule has 1 saturated heterocycles. The summed E-state index contributed by atoms with van der Waals surface area (Å²) in [6.07, 6.45) is 5.37. The van der Waals surface area contributed by atoms with E-state index in [2.05, 4.69) is 65.6 Å². The lowest BCUT2D eigenvalue weighted by atomic mass is 9.74. The van der Waals surface area contributed by atoms with Crippen LogP contribution in [0.1, 0.15) is 49.3 Å². The average molecular weight is 319 g/mol. The Labute approximate surface area is 144 Å². The van der Waals surface area contributed by atoms with E-state index in [1.54, 1.807) is 0 Å². The summed E-state index contributed by atoms with van der Waals surface area (Å²) in [5, 5.41) is 0. The number of piperidine rings is 1. The van der Waals surface area contributed by atoms with E-state index in [1.165, 1.54) is 24.0 Å². The standard InChI is InChI=1S/C22H25NO/c24-22-15-21(18-11-5-2-6-12-18)23(16-17-9-3-1-4-10-17)20-14-8-7-13-19(20)22/h1-6,9-12,19-21H,7-8,13-16H2/t19-,20+,21-/m1/s1. The molecule has 2 aromatic carbocycles. The van der Waals surface area contributed by atoms with Crippen LogP contribution in [0.4, 0.5) is 0 Å². The molecule has 0 spiro atoms. The van der Waals surface area contributed by atoms with Crippen molar-refractivity contribution in [2.24, 2.45) is 5.92 Å². The minimum absolute atomic E-state index is 0.221. The Morgan fingerprint density at radius 2 is 1.54 bits per heavy atom. The Morgan fingerprint density at radius 1 is 0.875 bits per heavy atom. The first kappa shape index (κ1) is 15.6. The molecule has 0 unspecified atom stereocenters. The summed E-state index contributed by atoms with van der Waals surface area (Å²) in [4.78, 5) is 15.4. The van der Waals surface area contributed by atoms with E-state index < -0.39 is 0 Å². The van der Waals surface area contributed by atoms with Crippen LogP contribution in [0.25, 0.3) is 0 Å². The van der Waals surface area contributed by atoms with Gasteiger partial charge in [-0.25, -0.2) is 0 Å². The van der Waals surface area contributed by atoms with Crippen molar-refractivity contribution in [1.82, 2.24) is 4.90 Å². The number of fused-ring (bicyclic) bond motifs is 1. The van der Waals surface area contributed by atoms with E-state index >= 15 is 0 Å². The van der Waals surface area contributed by atoms with Gasteiger partial charge < -0.3 is 0 Å². The molecule has 0 amide bonds. The molecule has 2 nitrogen and oxygen atoms in total. The van der Waals surface area contributed by atoms with E-state index in [4.69, 9.17) is 0 Å². The topological polar surface area (TPSA) is 20.3 Å². The molecule has 1 saturated carbocycles. The second-order valence-corrected chi connectivity index (χ2v) is 7.21. The summed E-state index contributed by atoms with van der Waals surface area (Å²) in [7, 11) is 0. The molecule has 1 heterocycles. The largest absolute Gasteiger partial charge is 0.299 e. The van der Waals surface area contributed by atoms with Crippen molar-refractivity contribution in [3.8, 4) is 0 Å². The third-order valence-electron chi connectivity index (χ3n) is 5.76. The van der Waals surface area contributed by atoms with Crippen LogP contribution in [0, 0.1) is 5.92 Å². The fourth-order valence-electron chi connectivity index (χ4n) is 4.58. The molecule has 2 aliphatic rings. The van der Waals surface area contributed by atoms with E-state index in [0.29, 0.717) is 18.2 Å². The van der Waals surface area contributed by atoms with Crippen molar-refractivity contribution in [1.29, 1.82) is 0 Å². The number of ketones is 1. The maximum Gasteiger partial charge on any atom is 0.139 e. The van der Waals surface area contributed by atoms with Gasteiger partial charge in [0.05, 0.1) is 0 Å². The molecular weight excluding hydrogens is 294 g/mol. The fraction of sp³-hybridized carbons (Fsp3) is 0.409. The highest BCUT2D eigenvalue weighted by Crippen LogP contribution is 2.42. The molecule has 2 aromatic rings. The van der Waals surface area contributed by atoms with Crippen molar-refractivity contribution in [3.63, 3.8) is 0 Å². The Kier molecular flexibility index (Phi) is 4.48. The fourth-order valence-corrected chi connectivity index (χ4v) is 4.58. The van der Waals surface area contributed by atoms with Crippen LogP contribution in [0.5, 0.6) is 0 Å². The molecule has 1 aliphatic heterocycles. The van der Waals surface area contributed by atoms with E-state index in [1.807, 2.05) is 0 Å². The summed E-state index contributed by atoms with van der Waals surface area (Å²) < 4.78 is 0. The smallest absolute Gasteiger partial charge is 0.139 e. The van der Waals surface area contributed by atoms with Crippen molar-refractivity contribution in [2.75, 3.05) is 0 Å². The molecule has 2 fully saturated rings. The first-order valence-corrected chi connectivity index (χ1v) is 9.20. The van der Waals surface area contributed by atoms with Crippen molar-refractivity contribution < 1.29 is 4.79 Å². The molecular formula is C22H25NO. The van der Waals surface area contributed by atoms with Gasteiger partial charge in [0.25, 0.3) is 0 Å². The van der Waals surface area contributed by atoms with E-state index in [-0.39, 0.29) is 12.0 Å². The lowest BCUT2D eigenvalue weighted by Gasteiger charge is -2.48. The highest BCUT2D eigenvalue weighted by atomic mass is 16.1. The molecule has 1 aliphatic carbocycles. The zero-order valence-electron chi connectivity index (χ0n) is 14.1. The van der Waals surface area contributed by atoms with Crippen LogP contribution in [0.2, 0.25) is 0 Å². The van der Waals surface area contributed by atoms with Gasteiger partial charge in [-0.05, 0) is 24.0 Å². The Hall–Kier alpha value is -1.93. The second kappa shape index (κ2) is 6.90. The normalized spacial score (nSPS) is 27.7. The van der Waals surface area contributed by atoms with Gasteiger partial charge in [-0.15, -0.1) is 0 Å². The molecule has 0 N–H and O–H groups in total. The van der Waals surface area contributed by atoms with Gasteiger partial charge in [0.15, 0.2) is 0 Å². The van der Waals surface area contributed by atoms with Crippen molar-refractivity contribution >= 4 is 5.78 Å². The highest BCUT2D eigenvalue weighted by molar-refractivity contribution is 5.83. The summed E-state index contributed by atoms with van der Waals surface area (Å²) in [6, 6.07) is 21.9. The molecule has 24 heavy (non-hydrogen) atoms. The third kappa shape index (κ3) is 3.03. The lowest BCUT2D eigenvalue weighted by Crippen LogP contribution is -2.51. The van der Waals surface area contributed by atoms with E-state index in [0.717, 1.165) is 19.4 Å². The second-order valence-electron chi connectivity index (χ2n) is 7.21. The zero-order valence-corrected chi connectivity index (χ0v) is 14.1. The first-order chi connectivity index (χ1) is 11.8. The quantitative estimate of drug-likeness (QED) is 0.813. The van der Waals surface area contributed by atoms with Crippen LogP contribution in [0.15, 0.2) is 60.7 Å². The van der Waals surface area contributed by atoms with Gasteiger partial charge in [-0.3, -0.25) is 9.69 Å². The average Bonchev–Trinajstić information content (AvgIpc) is 2.65. The predicted molar refractivity (Wildman–Crippen MR) is 96.5 cm³/mol. The molecule has 4 rings (SSSR count). The highest BCUT2D eigenvalue weighted by Gasteiger charge is 2.43. The van der Waals surface area contributed by atoms with Gasteiger partial charge in [-0.1, -0.05) is 73.5 Å². The summed E-state index contributed by atoms with van der Waals surface area (Å²) in [5.41, 5.74) is 2.63. The van der Waals surface area contributed by atoms with Crippen LogP contribution in [-0.2, 0) is 11.3 Å². The zero-order chi connectivity index (χ0) is 16.4. The number of carbonyl (C=O) groups is 1. The number of likely N-dealkylation sites (tertiary alicyclic amines) is 1. The van der Waals surface area contributed by atoms with Crippen molar-refractivity contribution in [3.05, 3.63) is 71.8 Å². The number of nitrogens with zero attached hydrogens (tertiary/aromatic N) is 1. The molecule has 0 aromatic heterocycles. The Balaban J connectivity index is 1.68. The van der Waals surface area contributed by atoms with Crippen LogP contribution in [0.3, 0.4) is 0 Å². The number of rotatable bonds is 3. The number of hydrogen-bond acceptors (Lipinski definition) is 2. The monoisotopic (exact) mass is 319 g/mol. The molecule has 124 valence electrons. The number of benzene rings is 2. The maximum atomic E-state index is 12.8. The minimum Gasteiger partial charge on any atom is -0.299 e. The number of carbonyl (C=O) groups excluding carboxylic acids is 1. The van der Waals surface area contributed by atoms with Gasteiger partial charge in [0.2, 0.25) is 0 Å². The maximum absolute atomic E-state index is 12.8. The van der Waals surface area contributed by atoms with Gasteiger partial charge in [0, 0.05) is 31.0 Å². The molecule has 2 heteroatoms. The van der Waals surface area contributed by atoms with Gasteiger partial charge in [0.1, 0.15) is 5.78 Å². The lowest BCUT2D eigenvalue weighted by molar-refractivity contribution is -0.134. The van der Waals surface area contributed by atoms with Crippen LogP contribution < -0.4 is 0 Å². The van der Waals surface area contributed by atoms with Crippen molar-refractivity contribution in [2.45, 2.75) is 50.7 Å². The Bertz CT molecular complexity index is 682. The minimum atomic E-state index is 0.221. The number of Topliss-reactive ketones (excluding diaryl/α,β-unsaturated/α-hetero) is 1. The van der Waals surface area contributed by atoms with Crippen LogP contribution >= 0.6 is 0 Å². The third-order valence-corrected chi connectivity index (χ3v) is 5.76. The van der Waals surface area contributed by atoms with Gasteiger partial charge in [-0.2, -0.15) is 0 Å². The van der Waals surface area contributed by atoms with Gasteiger partial charge >= 0.3 is 0 Å². The number of hydrogen-bond donors (Lipinski definition) is 0. The first-order valence-electron chi connectivity index (χ1n) is 9.20. The molecule has 0 bridgehead atoms.